The average Bonchev–Trinajstić information content (AvgIpc) is 2.88. The summed E-state index contributed by atoms with van der Waals surface area (Å²) < 4.78 is 12.5. The molecule has 0 saturated heterocycles. The Morgan fingerprint density at radius 2 is 1.77 bits per heavy atom. The summed E-state index contributed by atoms with van der Waals surface area (Å²) in [6, 6.07) is 17.2. The van der Waals surface area contributed by atoms with Crippen LogP contribution in [0.15, 0.2) is 72.7 Å². The van der Waals surface area contributed by atoms with Gasteiger partial charge >= 0.3 is 0 Å². The Balaban J connectivity index is 2.01. The molecule has 26 heavy (non-hydrogen) atoms. The summed E-state index contributed by atoms with van der Waals surface area (Å²) in [4.78, 5) is 12.6. The quantitative estimate of drug-likeness (QED) is 0.471. The maximum atomic E-state index is 12.6. The summed E-state index contributed by atoms with van der Waals surface area (Å²) in [7, 11) is -2.06. The number of carbonyl (C=O) groups is 1. The molecule has 1 atom stereocenters. The molecule has 0 saturated carbocycles. The molecule has 1 aliphatic heterocycles. The number of hydrogen-bond acceptors (Lipinski definition) is 3. The van der Waals surface area contributed by atoms with Gasteiger partial charge in [-0.3, -0.25) is 4.79 Å². The van der Waals surface area contributed by atoms with Crippen LogP contribution in [0.5, 0.6) is 0 Å². The molecule has 134 valence electrons. The van der Waals surface area contributed by atoms with Crippen LogP contribution in [0, 0.1) is 0 Å². The van der Waals surface area contributed by atoms with Crippen molar-refractivity contribution in [1.29, 1.82) is 0 Å². The first-order valence-electron chi connectivity index (χ1n) is 8.55. The van der Waals surface area contributed by atoms with E-state index in [2.05, 4.69) is 37.3 Å². The second-order valence-electron chi connectivity index (χ2n) is 7.18. The number of fused-ring (bicyclic) bond motifs is 1. The summed E-state index contributed by atoms with van der Waals surface area (Å²) in [5.74, 6) is 0.192. The molecule has 0 aliphatic carbocycles. The minimum absolute atomic E-state index is 0.185. The van der Waals surface area contributed by atoms with E-state index in [1.807, 2.05) is 48.5 Å². The van der Waals surface area contributed by atoms with Gasteiger partial charge in [0, 0.05) is 11.1 Å². The normalized spacial score (nSPS) is 18.7. The van der Waals surface area contributed by atoms with Gasteiger partial charge in [-0.1, -0.05) is 60.8 Å². The molecule has 2 aromatic rings. The SMILES string of the molecule is C=C=C(OCc1ccccc1)C1(O[Si](C)(C)C)NC(=O)c2ccccc21. The third-order valence-corrected chi connectivity index (χ3v) is 4.92. The number of carbonyl (C=O) groups excluding carboxylic acids is 1. The van der Waals surface area contributed by atoms with Crippen molar-refractivity contribution in [2.45, 2.75) is 32.0 Å². The molecule has 0 aromatic heterocycles. The molecular weight excluding hydrogens is 342 g/mol. The number of rotatable bonds is 6. The molecule has 1 N–H and O–H groups in total. The van der Waals surface area contributed by atoms with Gasteiger partial charge < -0.3 is 14.5 Å². The van der Waals surface area contributed by atoms with Crippen LogP contribution in [0.1, 0.15) is 21.5 Å². The predicted octanol–water partition coefficient (Wildman–Crippen LogP) is 4.32. The Bertz CT molecular complexity index is 866. The molecule has 1 amide bonds. The van der Waals surface area contributed by atoms with Crippen molar-refractivity contribution in [2.75, 3.05) is 0 Å². The van der Waals surface area contributed by atoms with Gasteiger partial charge in [-0.15, -0.1) is 0 Å². The summed E-state index contributed by atoms with van der Waals surface area (Å²) in [6.45, 7) is 10.3. The molecular formula is C21H23NO3Si. The molecule has 1 unspecified atom stereocenters. The molecule has 1 heterocycles. The van der Waals surface area contributed by atoms with Crippen molar-refractivity contribution in [2.24, 2.45) is 0 Å². The van der Waals surface area contributed by atoms with Crippen molar-refractivity contribution < 1.29 is 14.0 Å². The van der Waals surface area contributed by atoms with Crippen LogP contribution in [-0.4, -0.2) is 14.2 Å². The van der Waals surface area contributed by atoms with Gasteiger partial charge in [0.15, 0.2) is 14.1 Å². The average molecular weight is 366 g/mol. The van der Waals surface area contributed by atoms with E-state index >= 15 is 0 Å². The molecule has 4 nitrogen and oxygen atoms in total. The van der Waals surface area contributed by atoms with Gasteiger partial charge in [-0.25, -0.2) is 0 Å². The van der Waals surface area contributed by atoms with E-state index in [0.717, 1.165) is 11.1 Å². The lowest BCUT2D eigenvalue weighted by Crippen LogP contribution is -2.50. The number of hydrogen-bond donors (Lipinski definition) is 1. The van der Waals surface area contributed by atoms with Crippen molar-refractivity contribution >= 4 is 14.2 Å². The fraction of sp³-hybridized carbons (Fsp3) is 0.238. The standard InChI is InChI=1S/C21H23NO3Si/c1-5-19(24-15-16-11-7-6-8-12-16)21(25-26(2,3)4)18-14-10-9-13-17(18)20(23)22-21/h6-14H,1,15H2,2-4H3,(H,22,23). The van der Waals surface area contributed by atoms with Crippen molar-refractivity contribution in [1.82, 2.24) is 5.32 Å². The lowest BCUT2D eigenvalue weighted by atomic mass is 10.00. The van der Waals surface area contributed by atoms with E-state index in [1.165, 1.54) is 0 Å². The second-order valence-corrected chi connectivity index (χ2v) is 11.6. The highest BCUT2D eigenvalue weighted by atomic mass is 28.4. The zero-order valence-corrected chi connectivity index (χ0v) is 16.3. The van der Waals surface area contributed by atoms with Crippen molar-refractivity contribution in [3.05, 3.63) is 89.4 Å². The first-order chi connectivity index (χ1) is 12.4. The van der Waals surface area contributed by atoms with Crippen LogP contribution in [0.2, 0.25) is 19.6 Å². The number of nitrogens with one attached hydrogen (secondary N) is 1. The third-order valence-electron chi connectivity index (χ3n) is 4.01. The highest BCUT2D eigenvalue weighted by Crippen LogP contribution is 2.40. The predicted molar refractivity (Wildman–Crippen MR) is 104 cm³/mol. The Morgan fingerprint density at radius 1 is 1.12 bits per heavy atom. The third kappa shape index (κ3) is 3.51. The van der Waals surface area contributed by atoms with Crippen LogP contribution in [0.4, 0.5) is 0 Å². The fourth-order valence-corrected chi connectivity index (χ4v) is 4.23. The Hall–Kier alpha value is -2.59. The number of ether oxygens (including phenoxy) is 1. The monoisotopic (exact) mass is 365 g/mol. The lowest BCUT2D eigenvalue weighted by molar-refractivity contribution is 0.00130. The van der Waals surface area contributed by atoms with Gasteiger partial charge in [0.1, 0.15) is 6.61 Å². The summed E-state index contributed by atoms with van der Waals surface area (Å²) >= 11 is 0. The summed E-state index contributed by atoms with van der Waals surface area (Å²) in [6.07, 6.45) is 0. The topological polar surface area (TPSA) is 47.6 Å². The minimum Gasteiger partial charge on any atom is -0.480 e. The summed E-state index contributed by atoms with van der Waals surface area (Å²) in [5, 5.41) is 2.99. The maximum Gasteiger partial charge on any atom is 0.254 e. The molecule has 3 rings (SSSR count). The van der Waals surface area contributed by atoms with Crippen molar-refractivity contribution in [3.8, 4) is 0 Å². The largest absolute Gasteiger partial charge is 0.480 e. The lowest BCUT2D eigenvalue weighted by Gasteiger charge is -2.36. The first kappa shape index (κ1) is 18.2. The van der Waals surface area contributed by atoms with E-state index < -0.39 is 14.0 Å². The Kier molecular flexibility index (Phi) is 4.87. The highest BCUT2D eigenvalue weighted by Gasteiger charge is 2.50. The van der Waals surface area contributed by atoms with Crippen LogP contribution < -0.4 is 5.32 Å². The highest BCUT2D eigenvalue weighted by molar-refractivity contribution is 6.69. The maximum absolute atomic E-state index is 12.6. The second kappa shape index (κ2) is 6.96. The number of amides is 1. The Labute approximate surface area is 155 Å². The zero-order chi connectivity index (χ0) is 18.8. The van der Waals surface area contributed by atoms with E-state index in [1.54, 1.807) is 6.07 Å². The van der Waals surface area contributed by atoms with Crippen LogP contribution >= 0.6 is 0 Å². The van der Waals surface area contributed by atoms with Gasteiger partial charge in [0.2, 0.25) is 5.72 Å². The molecule has 5 heteroatoms. The molecule has 0 spiro atoms. The van der Waals surface area contributed by atoms with Crippen molar-refractivity contribution in [3.63, 3.8) is 0 Å². The number of benzene rings is 2. The Morgan fingerprint density at radius 3 is 2.42 bits per heavy atom. The van der Waals surface area contributed by atoms with Crippen LogP contribution in [0.25, 0.3) is 0 Å². The smallest absolute Gasteiger partial charge is 0.254 e. The minimum atomic E-state index is -2.06. The van der Waals surface area contributed by atoms with Gasteiger partial charge in [0.25, 0.3) is 5.91 Å². The van der Waals surface area contributed by atoms with E-state index in [4.69, 9.17) is 9.16 Å². The van der Waals surface area contributed by atoms with Crippen LogP contribution in [0.3, 0.4) is 0 Å². The van der Waals surface area contributed by atoms with E-state index in [9.17, 15) is 4.79 Å². The fourth-order valence-electron chi connectivity index (χ4n) is 3.05. The molecule has 1 aliphatic rings. The molecule has 0 bridgehead atoms. The summed E-state index contributed by atoms with van der Waals surface area (Å²) in [5.41, 5.74) is 4.02. The zero-order valence-electron chi connectivity index (χ0n) is 15.3. The molecule has 0 radical (unpaired) electrons. The van der Waals surface area contributed by atoms with Crippen LogP contribution in [-0.2, 0) is 21.5 Å². The van der Waals surface area contributed by atoms with E-state index in [-0.39, 0.29) is 5.91 Å². The first-order valence-corrected chi connectivity index (χ1v) is 12.0. The van der Waals surface area contributed by atoms with E-state index in [0.29, 0.717) is 17.9 Å². The van der Waals surface area contributed by atoms with Gasteiger partial charge in [-0.05, 0) is 31.3 Å². The molecule has 2 aromatic carbocycles. The van der Waals surface area contributed by atoms with Gasteiger partial charge in [-0.2, -0.15) is 0 Å². The van der Waals surface area contributed by atoms with Gasteiger partial charge in [0.05, 0.1) is 0 Å². The molecule has 0 fully saturated rings.